The van der Waals surface area contributed by atoms with Gasteiger partial charge in [0.05, 0.1) is 12.8 Å². The number of methoxy groups -OCH3 is 1. The standard InChI is InChI=1S/C12H20N2O5/c1-4-19-12(17)10(6-5-9(15)7-13)14-11(16)8(2)18-3/h7-8,10,13H,4-6H2,1-3H3,(H,14,16)/t8-,10-/m0/s1. The number of rotatable bonds is 9. The monoisotopic (exact) mass is 272 g/mol. The molecule has 0 aliphatic carbocycles. The highest BCUT2D eigenvalue weighted by molar-refractivity contribution is 6.26. The number of carbonyl (C=O) groups is 3. The average molecular weight is 272 g/mol. The van der Waals surface area contributed by atoms with Crippen molar-refractivity contribution in [2.75, 3.05) is 13.7 Å². The van der Waals surface area contributed by atoms with Gasteiger partial charge in [-0.15, -0.1) is 0 Å². The zero-order valence-corrected chi connectivity index (χ0v) is 11.4. The van der Waals surface area contributed by atoms with E-state index < -0.39 is 29.8 Å². The Labute approximate surface area is 112 Å². The minimum atomic E-state index is -0.908. The van der Waals surface area contributed by atoms with Gasteiger partial charge in [-0.3, -0.25) is 9.59 Å². The molecule has 0 radical (unpaired) electrons. The van der Waals surface area contributed by atoms with E-state index in [1.54, 1.807) is 13.8 Å². The molecule has 2 atom stereocenters. The summed E-state index contributed by atoms with van der Waals surface area (Å²) in [6.07, 6.45) is 0.0708. The predicted octanol–water partition coefficient (Wildman–Crippen LogP) is 0.0681. The van der Waals surface area contributed by atoms with E-state index in [9.17, 15) is 14.4 Å². The molecule has 0 aromatic heterocycles. The van der Waals surface area contributed by atoms with Crippen molar-refractivity contribution in [1.29, 1.82) is 5.41 Å². The first kappa shape index (κ1) is 17.2. The Hall–Kier alpha value is -1.76. The molecule has 7 heteroatoms. The van der Waals surface area contributed by atoms with Gasteiger partial charge in [0, 0.05) is 13.5 Å². The van der Waals surface area contributed by atoms with Crippen LogP contribution in [-0.4, -0.2) is 49.7 Å². The second kappa shape index (κ2) is 9.21. The number of hydrogen-bond donors (Lipinski definition) is 2. The Bertz CT molecular complexity index is 343. The topological polar surface area (TPSA) is 106 Å². The molecular formula is C12H20N2O5. The fraction of sp³-hybridized carbons (Fsp3) is 0.667. The Morgan fingerprint density at radius 3 is 2.47 bits per heavy atom. The molecule has 7 nitrogen and oxygen atoms in total. The number of ether oxygens (including phenoxy) is 2. The molecule has 0 unspecified atom stereocenters. The molecule has 0 rings (SSSR count). The van der Waals surface area contributed by atoms with E-state index in [1.165, 1.54) is 7.11 Å². The third-order valence-electron chi connectivity index (χ3n) is 2.45. The van der Waals surface area contributed by atoms with E-state index in [-0.39, 0.29) is 19.4 Å². The van der Waals surface area contributed by atoms with Crippen LogP contribution in [0.2, 0.25) is 0 Å². The summed E-state index contributed by atoms with van der Waals surface area (Å²) >= 11 is 0. The smallest absolute Gasteiger partial charge is 0.328 e. The highest BCUT2D eigenvalue weighted by atomic mass is 16.5. The van der Waals surface area contributed by atoms with Crippen molar-refractivity contribution in [2.45, 2.75) is 38.8 Å². The Morgan fingerprint density at radius 1 is 1.37 bits per heavy atom. The lowest BCUT2D eigenvalue weighted by atomic mass is 10.1. The van der Waals surface area contributed by atoms with Gasteiger partial charge in [-0.25, -0.2) is 4.79 Å². The Balaban J connectivity index is 4.57. The van der Waals surface area contributed by atoms with Gasteiger partial charge in [0.15, 0.2) is 5.78 Å². The molecule has 0 aliphatic heterocycles. The summed E-state index contributed by atoms with van der Waals surface area (Å²) in [5.74, 6) is -1.47. The molecular weight excluding hydrogens is 252 g/mol. The molecule has 0 aliphatic rings. The molecule has 0 bridgehead atoms. The van der Waals surface area contributed by atoms with E-state index in [0.29, 0.717) is 6.21 Å². The van der Waals surface area contributed by atoms with Gasteiger partial charge in [-0.1, -0.05) is 0 Å². The fourth-order valence-corrected chi connectivity index (χ4v) is 1.25. The van der Waals surface area contributed by atoms with Crippen LogP contribution in [0.15, 0.2) is 0 Å². The zero-order valence-electron chi connectivity index (χ0n) is 11.4. The van der Waals surface area contributed by atoms with Gasteiger partial charge < -0.3 is 20.2 Å². The maximum Gasteiger partial charge on any atom is 0.328 e. The molecule has 0 saturated heterocycles. The lowest BCUT2D eigenvalue weighted by molar-refractivity contribution is -0.148. The molecule has 0 saturated carbocycles. The SMILES string of the molecule is CCOC(=O)[C@H](CCC(=O)C=N)NC(=O)[C@H](C)OC. The maximum absolute atomic E-state index is 11.6. The van der Waals surface area contributed by atoms with Crippen LogP contribution in [0.1, 0.15) is 26.7 Å². The summed E-state index contributed by atoms with van der Waals surface area (Å²) in [5.41, 5.74) is 0. The van der Waals surface area contributed by atoms with E-state index in [2.05, 4.69) is 5.32 Å². The molecule has 0 heterocycles. The van der Waals surface area contributed by atoms with Crippen molar-refractivity contribution in [3.05, 3.63) is 0 Å². The van der Waals surface area contributed by atoms with E-state index >= 15 is 0 Å². The summed E-state index contributed by atoms with van der Waals surface area (Å²) in [4.78, 5) is 34.3. The van der Waals surface area contributed by atoms with Crippen LogP contribution in [0.25, 0.3) is 0 Å². The molecule has 0 fully saturated rings. The lowest BCUT2D eigenvalue weighted by Gasteiger charge is -2.18. The van der Waals surface area contributed by atoms with Gasteiger partial charge in [0.2, 0.25) is 5.91 Å². The summed E-state index contributed by atoms with van der Waals surface area (Å²) in [6, 6.07) is -0.908. The first-order chi connectivity index (χ1) is 8.96. The van der Waals surface area contributed by atoms with Crippen LogP contribution >= 0.6 is 0 Å². The highest BCUT2D eigenvalue weighted by Crippen LogP contribution is 2.02. The van der Waals surface area contributed by atoms with Crippen LogP contribution in [-0.2, 0) is 23.9 Å². The number of hydrogen-bond acceptors (Lipinski definition) is 6. The zero-order chi connectivity index (χ0) is 14.8. The van der Waals surface area contributed by atoms with Gasteiger partial charge in [0.25, 0.3) is 0 Å². The summed E-state index contributed by atoms with van der Waals surface area (Å²) in [7, 11) is 1.38. The van der Waals surface area contributed by atoms with Crippen LogP contribution in [0.5, 0.6) is 0 Å². The largest absolute Gasteiger partial charge is 0.464 e. The number of esters is 1. The summed E-state index contributed by atoms with van der Waals surface area (Å²) in [5, 5.41) is 9.25. The second-order valence-corrected chi connectivity index (χ2v) is 3.84. The Kier molecular flexibility index (Phi) is 8.35. The number of amides is 1. The van der Waals surface area contributed by atoms with Crippen molar-refractivity contribution in [1.82, 2.24) is 5.32 Å². The summed E-state index contributed by atoms with van der Waals surface area (Å²) < 4.78 is 9.65. The van der Waals surface area contributed by atoms with Crippen LogP contribution in [0.4, 0.5) is 0 Å². The van der Waals surface area contributed by atoms with Crippen molar-refractivity contribution < 1.29 is 23.9 Å². The molecule has 108 valence electrons. The van der Waals surface area contributed by atoms with E-state index in [0.717, 1.165) is 0 Å². The Morgan fingerprint density at radius 2 is 2.00 bits per heavy atom. The first-order valence-electron chi connectivity index (χ1n) is 5.99. The van der Waals surface area contributed by atoms with Gasteiger partial charge in [-0.05, 0) is 20.3 Å². The number of ketones is 1. The van der Waals surface area contributed by atoms with Crippen LogP contribution in [0.3, 0.4) is 0 Å². The highest BCUT2D eigenvalue weighted by Gasteiger charge is 2.24. The van der Waals surface area contributed by atoms with Gasteiger partial charge in [-0.2, -0.15) is 0 Å². The first-order valence-corrected chi connectivity index (χ1v) is 5.99. The molecule has 0 aromatic carbocycles. The van der Waals surface area contributed by atoms with Crippen molar-refractivity contribution in [3.8, 4) is 0 Å². The van der Waals surface area contributed by atoms with E-state index in [4.69, 9.17) is 14.9 Å². The molecule has 1 amide bonds. The maximum atomic E-state index is 11.6. The minimum absolute atomic E-state index is 0.00533. The third kappa shape index (κ3) is 6.66. The minimum Gasteiger partial charge on any atom is -0.464 e. The van der Waals surface area contributed by atoms with E-state index in [1.807, 2.05) is 0 Å². The fourth-order valence-electron chi connectivity index (χ4n) is 1.25. The normalized spacial score (nSPS) is 13.2. The third-order valence-corrected chi connectivity index (χ3v) is 2.45. The number of nitrogens with one attached hydrogen (secondary N) is 2. The number of carbonyl (C=O) groups excluding carboxylic acids is 3. The second-order valence-electron chi connectivity index (χ2n) is 3.84. The molecule has 2 N–H and O–H groups in total. The van der Waals surface area contributed by atoms with Crippen molar-refractivity contribution >= 4 is 23.9 Å². The quantitative estimate of drug-likeness (QED) is 0.456. The predicted molar refractivity (Wildman–Crippen MR) is 68.1 cm³/mol. The number of Topliss-reactive ketones (excluding diaryl/α,β-unsaturated/α-hetero) is 1. The van der Waals surface area contributed by atoms with Crippen LogP contribution in [0, 0.1) is 5.41 Å². The van der Waals surface area contributed by atoms with Crippen LogP contribution < -0.4 is 5.32 Å². The lowest BCUT2D eigenvalue weighted by Crippen LogP contribution is -2.46. The van der Waals surface area contributed by atoms with Gasteiger partial charge in [0.1, 0.15) is 12.1 Å². The van der Waals surface area contributed by atoms with Crippen molar-refractivity contribution in [3.63, 3.8) is 0 Å². The van der Waals surface area contributed by atoms with Crippen molar-refractivity contribution in [2.24, 2.45) is 0 Å². The average Bonchev–Trinajstić information content (AvgIpc) is 2.41. The van der Waals surface area contributed by atoms with Gasteiger partial charge >= 0.3 is 5.97 Å². The molecule has 0 spiro atoms. The summed E-state index contributed by atoms with van der Waals surface area (Å²) in [6.45, 7) is 3.38. The molecule has 0 aromatic rings. The molecule has 19 heavy (non-hydrogen) atoms.